The number of hydrogen-bond acceptors (Lipinski definition) is 2. The molecular weight excluding hydrogens is 140 g/mol. The minimum Gasteiger partial charge on any atom is -0.392 e. The van der Waals surface area contributed by atoms with Crippen LogP contribution in [0.5, 0.6) is 0 Å². The highest BCUT2D eigenvalue weighted by Crippen LogP contribution is 2.51. The zero-order chi connectivity index (χ0) is 8.06. The van der Waals surface area contributed by atoms with Crippen molar-refractivity contribution in [2.45, 2.75) is 38.7 Å². The van der Waals surface area contributed by atoms with Crippen molar-refractivity contribution >= 4 is 5.78 Å². The average molecular weight is 154 g/mol. The van der Waals surface area contributed by atoms with Gasteiger partial charge in [0, 0.05) is 12.3 Å². The van der Waals surface area contributed by atoms with Crippen LogP contribution in [0, 0.1) is 11.3 Å². The Morgan fingerprint density at radius 2 is 2.27 bits per heavy atom. The number of aliphatic hydroxyl groups is 1. The van der Waals surface area contributed by atoms with Crippen molar-refractivity contribution in [2.75, 3.05) is 0 Å². The van der Waals surface area contributed by atoms with E-state index in [0.29, 0.717) is 6.42 Å². The second kappa shape index (κ2) is 2.07. The van der Waals surface area contributed by atoms with Crippen LogP contribution in [-0.4, -0.2) is 17.0 Å². The Labute approximate surface area is 66.6 Å². The highest BCUT2D eigenvalue weighted by molar-refractivity contribution is 5.85. The van der Waals surface area contributed by atoms with Crippen LogP contribution in [0.15, 0.2) is 0 Å². The molecule has 0 radical (unpaired) electrons. The van der Waals surface area contributed by atoms with Crippen molar-refractivity contribution < 1.29 is 9.90 Å². The first-order valence-electron chi connectivity index (χ1n) is 4.34. The van der Waals surface area contributed by atoms with Crippen LogP contribution >= 0.6 is 0 Å². The minimum absolute atomic E-state index is 0.0255. The van der Waals surface area contributed by atoms with Gasteiger partial charge >= 0.3 is 0 Å². The number of fused-ring (bicyclic) bond motifs is 1. The first-order valence-corrected chi connectivity index (χ1v) is 4.34. The smallest absolute Gasteiger partial charge is 0.139 e. The normalized spacial score (nSPS) is 49.8. The number of aliphatic hydroxyl groups excluding tert-OH is 1. The fourth-order valence-corrected chi connectivity index (χ4v) is 2.71. The van der Waals surface area contributed by atoms with Crippen LogP contribution in [0.2, 0.25) is 0 Å². The van der Waals surface area contributed by atoms with Gasteiger partial charge in [-0.1, -0.05) is 6.92 Å². The molecule has 2 unspecified atom stereocenters. The number of carbonyl (C=O) groups excluding carboxylic acids is 1. The standard InChI is InChI=1S/C9H14O2/c1-9-4-2-6(10)8(9)7(11)3-5-9/h6,8,10H,2-5H2,1H3/t6?,8?,9-/m1/s1. The van der Waals surface area contributed by atoms with Crippen molar-refractivity contribution in [2.24, 2.45) is 11.3 Å². The predicted molar refractivity (Wildman–Crippen MR) is 41.1 cm³/mol. The summed E-state index contributed by atoms with van der Waals surface area (Å²) in [5.41, 5.74) is 0.149. The first-order chi connectivity index (χ1) is 5.13. The molecule has 0 heterocycles. The third kappa shape index (κ3) is 0.853. The lowest BCUT2D eigenvalue weighted by Crippen LogP contribution is -2.27. The molecule has 0 amide bonds. The number of carbonyl (C=O) groups is 1. The fraction of sp³-hybridized carbons (Fsp3) is 0.889. The topological polar surface area (TPSA) is 37.3 Å². The van der Waals surface area contributed by atoms with Gasteiger partial charge in [-0.2, -0.15) is 0 Å². The maximum atomic E-state index is 11.3. The Bertz CT molecular complexity index is 200. The molecule has 1 N–H and O–H groups in total. The molecule has 2 nitrogen and oxygen atoms in total. The molecule has 0 aromatic rings. The number of rotatable bonds is 0. The van der Waals surface area contributed by atoms with Crippen LogP contribution in [0.4, 0.5) is 0 Å². The van der Waals surface area contributed by atoms with E-state index in [9.17, 15) is 9.90 Å². The van der Waals surface area contributed by atoms with E-state index in [1.807, 2.05) is 0 Å². The van der Waals surface area contributed by atoms with Crippen molar-refractivity contribution in [3.8, 4) is 0 Å². The Balaban J connectivity index is 2.30. The Hall–Kier alpha value is -0.370. The molecule has 0 aliphatic heterocycles. The van der Waals surface area contributed by atoms with E-state index in [1.54, 1.807) is 0 Å². The molecule has 2 heteroatoms. The van der Waals surface area contributed by atoms with Gasteiger partial charge in [-0.3, -0.25) is 4.79 Å². The summed E-state index contributed by atoms with van der Waals surface area (Å²) in [6.07, 6.45) is 3.21. The van der Waals surface area contributed by atoms with Gasteiger partial charge in [0.15, 0.2) is 0 Å². The molecule has 2 aliphatic carbocycles. The SMILES string of the molecule is C[C@@]12CCC(=O)C1C(O)CC2. The third-order valence-electron chi connectivity index (χ3n) is 3.44. The summed E-state index contributed by atoms with van der Waals surface area (Å²) >= 11 is 0. The van der Waals surface area contributed by atoms with Crippen molar-refractivity contribution in [1.29, 1.82) is 0 Å². The molecule has 0 aromatic heterocycles. The maximum absolute atomic E-state index is 11.3. The van der Waals surface area contributed by atoms with Gasteiger partial charge in [0.05, 0.1) is 6.10 Å². The highest BCUT2D eigenvalue weighted by atomic mass is 16.3. The average Bonchev–Trinajstić information content (AvgIpc) is 2.38. The quantitative estimate of drug-likeness (QED) is 0.568. The fourth-order valence-electron chi connectivity index (χ4n) is 2.71. The maximum Gasteiger partial charge on any atom is 0.139 e. The summed E-state index contributed by atoms with van der Waals surface area (Å²) in [5.74, 6) is 0.264. The Kier molecular flexibility index (Phi) is 1.37. The van der Waals surface area contributed by atoms with Crippen LogP contribution < -0.4 is 0 Å². The van der Waals surface area contributed by atoms with E-state index in [1.165, 1.54) is 0 Å². The van der Waals surface area contributed by atoms with Gasteiger partial charge in [0.25, 0.3) is 0 Å². The lowest BCUT2D eigenvalue weighted by molar-refractivity contribution is -0.124. The second-order valence-electron chi connectivity index (χ2n) is 4.20. The molecule has 2 fully saturated rings. The molecule has 2 rings (SSSR count). The van der Waals surface area contributed by atoms with Gasteiger partial charge in [-0.05, 0) is 24.7 Å². The summed E-state index contributed by atoms with van der Waals surface area (Å²) in [6, 6.07) is 0. The van der Waals surface area contributed by atoms with E-state index in [2.05, 4.69) is 6.92 Å². The molecule has 0 bridgehead atoms. The van der Waals surface area contributed by atoms with Crippen LogP contribution in [0.1, 0.15) is 32.6 Å². The lowest BCUT2D eigenvalue weighted by atomic mass is 9.82. The van der Waals surface area contributed by atoms with Gasteiger partial charge < -0.3 is 5.11 Å². The number of hydrogen-bond donors (Lipinski definition) is 1. The summed E-state index contributed by atoms with van der Waals surface area (Å²) in [4.78, 5) is 11.3. The zero-order valence-electron chi connectivity index (χ0n) is 6.84. The lowest BCUT2D eigenvalue weighted by Gasteiger charge is -2.22. The van der Waals surface area contributed by atoms with Crippen LogP contribution in [0.25, 0.3) is 0 Å². The molecule has 11 heavy (non-hydrogen) atoms. The van der Waals surface area contributed by atoms with Crippen molar-refractivity contribution in [3.63, 3.8) is 0 Å². The molecule has 2 saturated carbocycles. The van der Waals surface area contributed by atoms with E-state index in [-0.39, 0.29) is 23.2 Å². The van der Waals surface area contributed by atoms with Crippen molar-refractivity contribution in [1.82, 2.24) is 0 Å². The van der Waals surface area contributed by atoms with E-state index >= 15 is 0 Å². The molecule has 0 spiro atoms. The van der Waals surface area contributed by atoms with Crippen LogP contribution in [-0.2, 0) is 4.79 Å². The number of ketones is 1. The summed E-state index contributed by atoms with van der Waals surface area (Å²) in [5, 5.41) is 9.51. The predicted octanol–water partition coefficient (Wildman–Crippen LogP) is 1.13. The Morgan fingerprint density at radius 3 is 2.91 bits per heavy atom. The monoisotopic (exact) mass is 154 g/mol. The van der Waals surface area contributed by atoms with E-state index in [4.69, 9.17) is 0 Å². The largest absolute Gasteiger partial charge is 0.392 e. The summed E-state index contributed by atoms with van der Waals surface area (Å²) in [7, 11) is 0. The zero-order valence-corrected chi connectivity index (χ0v) is 6.84. The number of Topliss-reactive ketones (excluding diaryl/α,β-unsaturated/α-hetero) is 1. The van der Waals surface area contributed by atoms with Gasteiger partial charge in [-0.25, -0.2) is 0 Å². The first kappa shape index (κ1) is 7.29. The minimum atomic E-state index is -0.338. The molecule has 0 aromatic carbocycles. The van der Waals surface area contributed by atoms with Gasteiger partial charge in [0.2, 0.25) is 0 Å². The van der Waals surface area contributed by atoms with Crippen molar-refractivity contribution in [3.05, 3.63) is 0 Å². The summed E-state index contributed by atoms with van der Waals surface area (Å²) in [6.45, 7) is 2.14. The third-order valence-corrected chi connectivity index (χ3v) is 3.44. The molecule has 2 aliphatic rings. The molecular formula is C9H14O2. The molecule has 0 saturated heterocycles. The Morgan fingerprint density at radius 1 is 1.55 bits per heavy atom. The molecule has 3 atom stereocenters. The van der Waals surface area contributed by atoms with Gasteiger partial charge in [-0.15, -0.1) is 0 Å². The second-order valence-corrected chi connectivity index (χ2v) is 4.20. The van der Waals surface area contributed by atoms with E-state index in [0.717, 1.165) is 19.3 Å². The van der Waals surface area contributed by atoms with Gasteiger partial charge in [0.1, 0.15) is 5.78 Å². The highest BCUT2D eigenvalue weighted by Gasteiger charge is 2.52. The van der Waals surface area contributed by atoms with E-state index < -0.39 is 0 Å². The van der Waals surface area contributed by atoms with Crippen LogP contribution in [0.3, 0.4) is 0 Å². The molecule has 62 valence electrons. The summed E-state index contributed by atoms with van der Waals surface area (Å²) < 4.78 is 0.